The molecule has 0 heterocycles. The van der Waals surface area contributed by atoms with Gasteiger partial charge in [0.15, 0.2) is 0 Å². The van der Waals surface area contributed by atoms with E-state index in [0.29, 0.717) is 31.6 Å². The van der Waals surface area contributed by atoms with E-state index in [9.17, 15) is 9.59 Å². The third-order valence-electron chi connectivity index (χ3n) is 3.87. The third-order valence-corrected chi connectivity index (χ3v) is 3.87. The minimum Gasteiger partial charge on any atom is -0.352 e. The van der Waals surface area contributed by atoms with Gasteiger partial charge in [0.25, 0.3) is 0 Å². The Morgan fingerprint density at radius 3 is 2.36 bits per heavy atom. The van der Waals surface area contributed by atoms with Crippen molar-refractivity contribution < 1.29 is 9.59 Å². The highest BCUT2D eigenvalue weighted by molar-refractivity contribution is 5.88. The van der Waals surface area contributed by atoms with E-state index >= 15 is 0 Å². The molecule has 0 saturated heterocycles. The van der Waals surface area contributed by atoms with E-state index in [-0.39, 0.29) is 18.3 Å². The maximum atomic E-state index is 12.3. The third kappa shape index (κ3) is 5.20. The van der Waals surface area contributed by atoms with Crippen LogP contribution in [0.4, 0.5) is 10.5 Å². The van der Waals surface area contributed by atoms with Gasteiger partial charge in [-0.15, -0.1) is 12.4 Å². The van der Waals surface area contributed by atoms with Gasteiger partial charge < -0.3 is 22.1 Å². The van der Waals surface area contributed by atoms with E-state index < -0.39 is 11.4 Å². The number of carbonyl (C=O) groups is 2. The van der Waals surface area contributed by atoms with Gasteiger partial charge in [-0.05, 0) is 30.5 Å². The fraction of sp³-hybridized carbons (Fsp3) is 0.467. The molecule has 0 unspecified atom stereocenters. The Balaban J connectivity index is 0.00000441. The van der Waals surface area contributed by atoms with E-state index in [1.54, 1.807) is 18.2 Å². The summed E-state index contributed by atoms with van der Waals surface area (Å²) in [5.74, 6) is -0.0386. The van der Waals surface area contributed by atoms with Crippen LogP contribution in [0.1, 0.15) is 32.3 Å². The normalized spacial score (nSPS) is 10.5. The Morgan fingerprint density at radius 2 is 1.86 bits per heavy atom. The van der Waals surface area contributed by atoms with Crippen molar-refractivity contribution in [3.05, 3.63) is 29.8 Å². The predicted molar refractivity (Wildman–Crippen MR) is 90.8 cm³/mol. The van der Waals surface area contributed by atoms with Crippen molar-refractivity contribution in [2.45, 2.75) is 33.2 Å². The van der Waals surface area contributed by atoms with Crippen molar-refractivity contribution in [2.75, 3.05) is 11.9 Å². The zero-order valence-corrected chi connectivity index (χ0v) is 13.8. The van der Waals surface area contributed by atoms with Gasteiger partial charge >= 0.3 is 6.03 Å². The fourth-order valence-corrected chi connectivity index (χ4v) is 2.22. The standard InChI is InChI=1S/C15H24N4O2.ClH/c1-3-15(4-2,10-16)13(20)18-9-11-6-5-7-12(8-11)19-14(17)21;/h5-8H,3-4,9-10,16H2,1-2H3,(H,18,20)(H3,17,19,21);1H. The van der Waals surface area contributed by atoms with Gasteiger partial charge in [-0.25, -0.2) is 4.79 Å². The first-order valence-corrected chi connectivity index (χ1v) is 7.11. The monoisotopic (exact) mass is 328 g/mol. The van der Waals surface area contributed by atoms with Crippen molar-refractivity contribution in [3.8, 4) is 0 Å². The predicted octanol–water partition coefficient (Wildman–Crippen LogP) is 1.98. The number of hydrogen-bond acceptors (Lipinski definition) is 3. The van der Waals surface area contributed by atoms with Crippen molar-refractivity contribution >= 4 is 30.0 Å². The van der Waals surface area contributed by atoms with Crippen molar-refractivity contribution in [1.29, 1.82) is 0 Å². The molecule has 1 aromatic rings. The zero-order valence-electron chi connectivity index (χ0n) is 13.0. The molecule has 7 heteroatoms. The summed E-state index contributed by atoms with van der Waals surface area (Å²) in [4.78, 5) is 23.1. The van der Waals surface area contributed by atoms with Crippen LogP contribution in [0.3, 0.4) is 0 Å². The number of amides is 3. The summed E-state index contributed by atoms with van der Waals surface area (Å²) in [6, 6.07) is 6.55. The smallest absolute Gasteiger partial charge is 0.316 e. The molecule has 1 aromatic carbocycles. The molecule has 1 rings (SSSR count). The molecule has 0 spiro atoms. The number of nitrogens with two attached hydrogens (primary N) is 2. The van der Waals surface area contributed by atoms with Crippen LogP contribution >= 0.6 is 12.4 Å². The van der Waals surface area contributed by atoms with Crippen LogP contribution in [-0.4, -0.2) is 18.5 Å². The highest BCUT2D eigenvalue weighted by Gasteiger charge is 2.32. The lowest BCUT2D eigenvalue weighted by Crippen LogP contribution is -2.45. The summed E-state index contributed by atoms with van der Waals surface area (Å²) < 4.78 is 0. The van der Waals surface area contributed by atoms with E-state index in [4.69, 9.17) is 11.5 Å². The first-order chi connectivity index (χ1) is 9.97. The van der Waals surface area contributed by atoms with Crippen molar-refractivity contribution in [2.24, 2.45) is 16.9 Å². The summed E-state index contributed by atoms with van der Waals surface area (Å²) in [6.45, 7) is 4.64. The van der Waals surface area contributed by atoms with E-state index in [1.807, 2.05) is 19.9 Å². The Morgan fingerprint density at radius 1 is 1.23 bits per heavy atom. The zero-order chi connectivity index (χ0) is 15.9. The van der Waals surface area contributed by atoms with Crippen LogP contribution < -0.4 is 22.1 Å². The van der Waals surface area contributed by atoms with E-state index in [1.165, 1.54) is 0 Å². The highest BCUT2D eigenvalue weighted by Crippen LogP contribution is 2.25. The molecule has 0 bridgehead atoms. The topological polar surface area (TPSA) is 110 Å². The second-order valence-corrected chi connectivity index (χ2v) is 5.06. The maximum Gasteiger partial charge on any atom is 0.316 e. The first kappa shape index (κ1) is 20.2. The summed E-state index contributed by atoms with van der Waals surface area (Å²) in [5.41, 5.74) is 11.8. The number of rotatable bonds is 7. The lowest BCUT2D eigenvalue weighted by Gasteiger charge is -2.28. The number of hydrogen-bond donors (Lipinski definition) is 4. The molecule has 0 aliphatic heterocycles. The van der Waals surface area contributed by atoms with Gasteiger partial charge in [0.2, 0.25) is 5.91 Å². The van der Waals surface area contributed by atoms with Gasteiger partial charge in [-0.3, -0.25) is 4.79 Å². The minimum atomic E-state index is -0.615. The van der Waals surface area contributed by atoms with Crippen LogP contribution in [0.5, 0.6) is 0 Å². The van der Waals surface area contributed by atoms with Gasteiger partial charge in [0, 0.05) is 18.8 Å². The number of anilines is 1. The molecule has 6 nitrogen and oxygen atoms in total. The average molecular weight is 329 g/mol. The molecule has 0 atom stereocenters. The maximum absolute atomic E-state index is 12.3. The van der Waals surface area contributed by atoms with Gasteiger partial charge in [-0.2, -0.15) is 0 Å². The molecule has 0 aliphatic carbocycles. The van der Waals surface area contributed by atoms with Crippen LogP contribution in [0.15, 0.2) is 24.3 Å². The van der Waals surface area contributed by atoms with Gasteiger partial charge in [-0.1, -0.05) is 26.0 Å². The molecule has 0 saturated carbocycles. The van der Waals surface area contributed by atoms with E-state index in [0.717, 1.165) is 5.56 Å². The molecule has 124 valence electrons. The summed E-state index contributed by atoms with van der Waals surface area (Å²) in [5, 5.41) is 5.41. The lowest BCUT2D eigenvalue weighted by molar-refractivity contribution is -0.131. The fourth-order valence-electron chi connectivity index (χ4n) is 2.22. The number of carbonyl (C=O) groups excluding carboxylic acids is 2. The number of nitrogens with one attached hydrogen (secondary N) is 2. The van der Waals surface area contributed by atoms with Crippen molar-refractivity contribution in [1.82, 2.24) is 5.32 Å². The molecule has 0 aliphatic rings. The van der Waals surface area contributed by atoms with Crippen molar-refractivity contribution in [3.63, 3.8) is 0 Å². The number of primary amides is 1. The average Bonchev–Trinajstić information content (AvgIpc) is 2.47. The molecule has 0 aromatic heterocycles. The Bertz CT molecular complexity index is 496. The van der Waals surface area contributed by atoms with Gasteiger partial charge in [0.05, 0.1) is 5.41 Å². The Kier molecular flexibility index (Phi) is 8.52. The summed E-state index contributed by atoms with van der Waals surface area (Å²) in [6.07, 6.45) is 1.41. The largest absolute Gasteiger partial charge is 0.352 e. The molecule has 0 fully saturated rings. The number of benzene rings is 1. The molecular formula is C15H25ClN4O2. The van der Waals surface area contributed by atoms with Crippen LogP contribution in [0.25, 0.3) is 0 Å². The SMILES string of the molecule is CCC(CC)(CN)C(=O)NCc1cccc(NC(N)=O)c1.Cl. The van der Waals surface area contributed by atoms with E-state index in [2.05, 4.69) is 10.6 Å². The molecule has 0 radical (unpaired) electrons. The Hall–Kier alpha value is -1.79. The summed E-state index contributed by atoms with van der Waals surface area (Å²) >= 11 is 0. The first-order valence-electron chi connectivity index (χ1n) is 7.11. The van der Waals surface area contributed by atoms with Crippen LogP contribution in [0, 0.1) is 5.41 Å². The van der Waals surface area contributed by atoms with Crippen LogP contribution in [0.2, 0.25) is 0 Å². The minimum absolute atomic E-state index is 0. The molecule has 3 amide bonds. The van der Waals surface area contributed by atoms with Gasteiger partial charge in [0.1, 0.15) is 0 Å². The number of halogens is 1. The highest BCUT2D eigenvalue weighted by atomic mass is 35.5. The number of urea groups is 1. The summed E-state index contributed by atoms with van der Waals surface area (Å²) in [7, 11) is 0. The second-order valence-electron chi connectivity index (χ2n) is 5.06. The second kappa shape index (κ2) is 9.27. The van der Waals surface area contributed by atoms with Crippen LogP contribution in [-0.2, 0) is 11.3 Å². The molecular weight excluding hydrogens is 304 g/mol. The quantitative estimate of drug-likeness (QED) is 0.614. The Labute approximate surface area is 137 Å². The molecule has 6 N–H and O–H groups in total. The molecule has 22 heavy (non-hydrogen) atoms. The lowest BCUT2D eigenvalue weighted by atomic mass is 9.81.